The third kappa shape index (κ3) is 7.05. The summed E-state index contributed by atoms with van der Waals surface area (Å²) in [4.78, 5) is 36.6. The van der Waals surface area contributed by atoms with Crippen molar-refractivity contribution in [2.24, 2.45) is 0 Å². The van der Waals surface area contributed by atoms with Gasteiger partial charge in [-0.25, -0.2) is 9.59 Å². The molecule has 4 rings (SSSR count). The summed E-state index contributed by atoms with van der Waals surface area (Å²) in [6, 6.07) is 0. The van der Waals surface area contributed by atoms with E-state index in [0.717, 1.165) is 83.6 Å². The van der Waals surface area contributed by atoms with Crippen molar-refractivity contribution in [1.29, 1.82) is 0 Å². The van der Waals surface area contributed by atoms with Crippen LogP contribution in [-0.4, -0.2) is 43.5 Å². The van der Waals surface area contributed by atoms with E-state index in [-0.39, 0.29) is 11.4 Å². The van der Waals surface area contributed by atoms with Crippen LogP contribution in [0.15, 0.2) is 33.7 Å². The second kappa shape index (κ2) is 14.3. The van der Waals surface area contributed by atoms with Crippen LogP contribution < -0.4 is 9.98 Å². The summed E-state index contributed by atoms with van der Waals surface area (Å²) in [6.45, 7) is 16.4. The third-order valence-electron chi connectivity index (χ3n) is 9.65. The van der Waals surface area contributed by atoms with Crippen LogP contribution in [-0.2, 0) is 22.4 Å². The normalized spacial score (nSPS) is 16.9. The summed E-state index contributed by atoms with van der Waals surface area (Å²) >= 11 is 0. The highest BCUT2D eigenvalue weighted by Gasteiger charge is 2.33. The number of carbonyl (C=O) groups is 2. The van der Waals surface area contributed by atoms with Crippen molar-refractivity contribution in [3.05, 3.63) is 78.7 Å². The molecule has 2 aliphatic rings. The van der Waals surface area contributed by atoms with Gasteiger partial charge in [-0.05, 0) is 102 Å². The van der Waals surface area contributed by atoms with Gasteiger partial charge in [-0.3, -0.25) is 0 Å². The predicted molar refractivity (Wildman–Crippen MR) is 180 cm³/mol. The number of carboxylic acid groups (broad SMARTS) is 2. The largest absolute Gasteiger partial charge is 0.473 e. The van der Waals surface area contributed by atoms with E-state index in [1.807, 2.05) is 13.8 Å². The van der Waals surface area contributed by atoms with Gasteiger partial charge in [0.2, 0.25) is 11.4 Å². The number of aryl methyl sites for hydroxylation is 2. The first kappa shape index (κ1) is 33.7. The van der Waals surface area contributed by atoms with Gasteiger partial charge in [0, 0.05) is 57.2 Å². The van der Waals surface area contributed by atoms with Gasteiger partial charge in [-0.1, -0.05) is 33.1 Å². The van der Waals surface area contributed by atoms with Gasteiger partial charge in [0.15, 0.2) is 0 Å². The van der Waals surface area contributed by atoms with Gasteiger partial charge in [-0.2, -0.15) is 9.98 Å². The number of nitrogens with one attached hydrogen (secondary N) is 4. The molecule has 8 heteroatoms. The molecule has 2 aromatic rings. The second-order valence-corrected chi connectivity index (χ2v) is 12.4. The third-order valence-corrected chi connectivity index (χ3v) is 9.65. The number of carboxylic acids is 2. The van der Waals surface area contributed by atoms with Crippen LogP contribution in [0.3, 0.4) is 0 Å². The smallest absolute Gasteiger partial charge is 0.401 e. The summed E-state index contributed by atoms with van der Waals surface area (Å²) in [5, 5.41) is 19.1. The molecule has 4 heterocycles. The quantitative estimate of drug-likeness (QED) is 0.172. The number of allylic oxidation sites excluding steroid dienone is 2. The van der Waals surface area contributed by atoms with Crippen molar-refractivity contribution in [2.75, 3.05) is 0 Å². The maximum absolute atomic E-state index is 11.6. The van der Waals surface area contributed by atoms with E-state index in [0.29, 0.717) is 0 Å². The fourth-order valence-electron chi connectivity index (χ4n) is 6.99. The van der Waals surface area contributed by atoms with Crippen LogP contribution in [0.2, 0.25) is 0 Å². The Labute approximate surface area is 266 Å². The Bertz CT molecular complexity index is 1580. The Morgan fingerprint density at radius 3 is 1.31 bits per heavy atom. The van der Waals surface area contributed by atoms with E-state index in [9.17, 15) is 19.8 Å². The van der Waals surface area contributed by atoms with Gasteiger partial charge in [0.05, 0.1) is 0 Å². The van der Waals surface area contributed by atoms with Crippen LogP contribution in [0, 0.1) is 27.7 Å². The van der Waals surface area contributed by atoms with Crippen molar-refractivity contribution >= 4 is 35.5 Å². The summed E-state index contributed by atoms with van der Waals surface area (Å²) < 4.78 is 0. The highest BCUT2D eigenvalue weighted by Crippen LogP contribution is 2.27. The lowest BCUT2D eigenvalue weighted by Crippen LogP contribution is -2.70. The van der Waals surface area contributed by atoms with E-state index in [2.05, 4.69) is 73.6 Å². The molecule has 45 heavy (non-hydrogen) atoms. The number of aromatic amines is 2. The lowest BCUT2D eigenvalue weighted by atomic mass is 9.99. The summed E-state index contributed by atoms with van der Waals surface area (Å²) in [7, 11) is 0. The van der Waals surface area contributed by atoms with Gasteiger partial charge in [0.25, 0.3) is 11.4 Å². The number of hydrogen-bond acceptors (Lipinski definition) is 2. The zero-order valence-electron chi connectivity index (χ0n) is 28.2. The molecule has 0 bridgehead atoms. The van der Waals surface area contributed by atoms with Crippen molar-refractivity contribution in [1.82, 2.24) is 9.97 Å². The molecule has 240 valence electrons. The molecular formula is C37H50N4O4+2. The number of H-pyrrole nitrogens is 2. The lowest BCUT2D eigenvalue weighted by molar-refractivity contribution is -0.386. The topological polar surface area (TPSA) is 134 Å². The fraction of sp³-hybridized carbons (Fsp3) is 0.459. The molecule has 2 aliphatic heterocycles. The average molecular weight is 615 g/mol. The molecule has 8 nitrogen and oxygen atoms in total. The molecule has 0 saturated carbocycles. The number of unbranched alkanes of at least 4 members (excludes halogenated alkanes) is 4. The molecule has 6 N–H and O–H groups in total. The maximum Gasteiger partial charge on any atom is 0.401 e. The van der Waals surface area contributed by atoms with E-state index in [1.54, 1.807) is 0 Å². The molecular weight excluding hydrogens is 564 g/mol. The number of aliphatic carboxylic acids is 2. The minimum Gasteiger partial charge on any atom is -0.473 e. The van der Waals surface area contributed by atoms with Gasteiger partial charge < -0.3 is 20.2 Å². The molecule has 0 atom stereocenters. The van der Waals surface area contributed by atoms with E-state index < -0.39 is 11.9 Å². The lowest BCUT2D eigenvalue weighted by Gasteiger charge is -2.05. The first-order valence-electron chi connectivity index (χ1n) is 16.3. The van der Waals surface area contributed by atoms with Crippen molar-refractivity contribution in [3.63, 3.8) is 0 Å². The molecule has 0 amide bonds. The Morgan fingerprint density at radius 1 is 0.622 bits per heavy atom. The van der Waals surface area contributed by atoms with Crippen LogP contribution in [0.5, 0.6) is 0 Å². The fourth-order valence-corrected chi connectivity index (χ4v) is 6.99. The van der Waals surface area contributed by atoms with E-state index in [4.69, 9.17) is 0 Å². The van der Waals surface area contributed by atoms with Gasteiger partial charge >= 0.3 is 11.9 Å². The van der Waals surface area contributed by atoms with Crippen LogP contribution >= 0.6 is 0 Å². The first-order valence-corrected chi connectivity index (χ1v) is 16.3. The second-order valence-electron chi connectivity index (χ2n) is 12.4. The van der Waals surface area contributed by atoms with E-state index >= 15 is 0 Å². The summed E-state index contributed by atoms with van der Waals surface area (Å²) in [6.07, 6.45) is 13.6. The van der Waals surface area contributed by atoms with Crippen LogP contribution in [0.4, 0.5) is 0 Å². The van der Waals surface area contributed by atoms with Crippen LogP contribution in [0.1, 0.15) is 118 Å². The monoisotopic (exact) mass is 614 g/mol. The molecule has 0 unspecified atom stereocenters. The molecule has 0 saturated heterocycles. The Kier molecular flexibility index (Phi) is 10.7. The highest BCUT2D eigenvalue weighted by atomic mass is 16.4. The first-order chi connectivity index (χ1) is 21.4. The molecule has 0 aromatic carbocycles. The molecule has 0 aliphatic carbocycles. The Hall–Kier alpha value is -4.20. The minimum absolute atomic E-state index is 0.271. The Balaban J connectivity index is 1.30. The molecule has 2 aromatic heterocycles. The zero-order chi connectivity index (χ0) is 33.0. The molecule has 0 fully saturated rings. The number of hydrogen-bond donors (Lipinski definition) is 6. The average Bonchev–Trinajstić information content (AvgIpc) is 3.65. The maximum atomic E-state index is 11.6. The summed E-state index contributed by atoms with van der Waals surface area (Å²) in [5.41, 5.74) is 15.7. The van der Waals surface area contributed by atoms with Crippen LogP contribution in [0.25, 0.3) is 12.2 Å². The highest BCUT2D eigenvalue weighted by molar-refractivity contribution is 6.41. The Morgan fingerprint density at radius 2 is 0.978 bits per heavy atom. The molecule has 0 spiro atoms. The van der Waals surface area contributed by atoms with Gasteiger partial charge in [-0.15, -0.1) is 0 Å². The van der Waals surface area contributed by atoms with Crippen molar-refractivity contribution in [3.8, 4) is 0 Å². The predicted octanol–water partition coefficient (Wildman–Crippen LogP) is 4.69. The van der Waals surface area contributed by atoms with E-state index in [1.165, 1.54) is 52.9 Å². The SMILES string of the molecule is CCC1=C(C)C(C(=O)O)=[NH+]/C1=C\c1[nH]c(C)c(CCCCCCCc2c(C)[nH]c(/C=C3\[NH+]=C(C(=O)O)C(C)=C3CC)c2C)c1C. The van der Waals surface area contributed by atoms with Crippen molar-refractivity contribution < 1.29 is 29.8 Å². The molecule has 0 radical (unpaired) electrons. The minimum atomic E-state index is -0.922. The van der Waals surface area contributed by atoms with Gasteiger partial charge in [0.1, 0.15) is 0 Å². The number of rotatable bonds is 14. The van der Waals surface area contributed by atoms with Crippen molar-refractivity contribution in [2.45, 2.75) is 113 Å². The standard InChI is InChI=1S/C37H48N4O4/c1-9-26-22(5)34(36(42)43)40-32(26)18-30-20(3)28(24(7)38-30)16-14-12-11-13-15-17-29-21(4)31(39-25(29)8)19-33-27(10-2)23(6)35(41-33)37(44)45/h18-19,38-39H,9-17H2,1-8H3,(H,42,43)(H,44,45)/p+2/b32-18-,33-19-. The summed E-state index contributed by atoms with van der Waals surface area (Å²) in [5.74, 6) is -1.84. The number of aromatic nitrogens is 2. The zero-order valence-corrected chi connectivity index (χ0v) is 28.2.